The predicted molar refractivity (Wildman–Crippen MR) is 122 cm³/mol. The molecule has 2 aromatic heterocycles. The summed E-state index contributed by atoms with van der Waals surface area (Å²) in [6.45, 7) is 4.08. The molecule has 3 heterocycles. The van der Waals surface area contributed by atoms with Gasteiger partial charge in [0.2, 0.25) is 0 Å². The van der Waals surface area contributed by atoms with Gasteiger partial charge in [-0.15, -0.1) is 0 Å². The summed E-state index contributed by atoms with van der Waals surface area (Å²) in [5.41, 5.74) is 7.46. The van der Waals surface area contributed by atoms with Crippen LogP contribution in [0.5, 0.6) is 0 Å². The normalized spacial score (nSPS) is 15.2. The number of amides is 1. The lowest BCUT2D eigenvalue weighted by Gasteiger charge is -2.23. The molecular formula is C23H23F3N6O2. The van der Waals surface area contributed by atoms with Crippen molar-refractivity contribution < 1.29 is 23.1 Å². The summed E-state index contributed by atoms with van der Waals surface area (Å²) in [5, 5.41) is 13.0. The lowest BCUT2D eigenvalue weighted by atomic mass is 10.0. The summed E-state index contributed by atoms with van der Waals surface area (Å²) < 4.78 is 39.7. The summed E-state index contributed by atoms with van der Waals surface area (Å²) in [6, 6.07) is 4.75. The number of nitrogens with two attached hydrogens (primary N) is 1. The van der Waals surface area contributed by atoms with Crippen molar-refractivity contribution in [2.45, 2.75) is 32.5 Å². The zero-order valence-electron chi connectivity index (χ0n) is 18.5. The number of hydrogen-bond acceptors (Lipinski definition) is 6. The van der Waals surface area contributed by atoms with Crippen molar-refractivity contribution >= 4 is 34.1 Å². The SMILES string of the molecule is Cc1nc(NC(C)c2cc(N)cc(C(F)(F)F)c2)c2cc(C3=CCN(C(=O)O)CC3)ncc2n1. The Morgan fingerprint density at radius 1 is 1.24 bits per heavy atom. The molecule has 0 bridgehead atoms. The van der Waals surface area contributed by atoms with E-state index < -0.39 is 23.9 Å². The monoisotopic (exact) mass is 472 g/mol. The van der Waals surface area contributed by atoms with Gasteiger partial charge in [-0.05, 0) is 55.7 Å². The number of carbonyl (C=O) groups is 1. The minimum absolute atomic E-state index is 0.0216. The highest BCUT2D eigenvalue weighted by Crippen LogP contribution is 2.34. The number of nitrogens with zero attached hydrogens (tertiary/aromatic N) is 4. The number of alkyl halides is 3. The lowest BCUT2D eigenvalue weighted by molar-refractivity contribution is -0.137. The molecule has 4 N–H and O–H groups in total. The average Bonchev–Trinajstić information content (AvgIpc) is 2.77. The van der Waals surface area contributed by atoms with Crippen LogP contribution in [-0.2, 0) is 6.18 Å². The first-order valence-electron chi connectivity index (χ1n) is 10.6. The number of nitrogen functional groups attached to an aromatic ring is 1. The number of anilines is 2. The minimum Gasteiger partial charge on any atom is -0.465 e. The fourth-order valence-electron chi connectivity index (χ4n) is 3.89. The number of nitrogens with one attached hydrogen (secondary N) is 1. The van der Waals surface area contributed by atoms with Gasteiger partial charge in [-0.3, -0.25) is 4.98 Å². The van der Waals surface area contributed by atoms with Crippen molar-refractivity contribution in [1.29, 1.82) is 0 Å². The molecule has 0 spiro atoms. The van der Waals surface area contributed by atoms with Crippen LogP contribution in [0, 0.1) is 6.92 Å². The number of fused-ring (bicyclic) bond motifs is 1. The number of rotatable bonds is 4. The Morgan fingerprint density at radius 3 is 2.65 bits per heavy atom. The number of pyridine rings is 1. The van der Waals surface area contributed by atoms with Gasteiger partial charge in [0.05, 0.1) is 29.0 Å². The van der Waals surface area contributed by atoms with E-state index in [2.05, 4.69) is 20.3 Å². The van der Waals surface area contributed by atoms with Crippen LogP contribution in [0.25, 0.3) is 16.5 Å². The highest BCUT2D eigenvalue weighted by molar-refractivity contribution is 5.91. The lowest BCUT2D eigenvalue weighted by Crippen LogP contribution is -2.33. The number of carboxylic acid groups (broad SMARTS) is 1. The molecule has 1 aliphatic rings. The third-order valence-corrected chi connectivity index (χ3v) is 5.66. The van der Waals surface area contributed by atoms with E-state index in [0.29, 0.717) is 46.8 Å². The molecule has 1 aliphatic heterocycles. The highest BCUT2D eigenvalue weighted by Gasteiger charge is 2.31. The van der Waals surface area contributed by atoms with E-state index in [-0.39, 0.29) is 12.2 Å². The Hall–Kier alpha value is -3.89. The first-order chi connectivity index (χ1) is 16.0. The van der Waals surface area contributed by atoms with Crippen LogP contribution >= 0.6 is 0 Å². The summed E-state index contributed by atoms with van der Waals surface area (Å²) in [7, 11) is 0. The molecule has 8 nitrogen and oxygen atoms in total. The van der Waals surface area contributed by atoms with Gasteiger partial charge in [0.25, 0.3) is 0 Å². The maximum atomic E-state index is 13.2. The molecule has 3 aromatic rings. The second-order valence-electron chi connectivity index (χ2n) is 8.17. The van der Waals surface area contributed by atoms with Gasteiger partial charge in [-0.2, -0.15) is 13.2 Å². The summed E-state index contributed by atoms with van der Waals surface area (Å²) in [6.07, 6.45) is -1.53. The van der Waals surface area contributed by atoms with E-state index in [1.807, 2.05) is 12.1 Å². The van der Waals surface area contributed by atoms with E-state index in [0.717, 1.165) is 17.7 Å². The van der Waals surface area contributed by atoms with Crippen LogP contribution < -0.4 is 11.1 Å². The molecule has 0 aliphatic carbocycles. The van der Waals surface area contributed by atoms with Crippen LogP contribution in [0.1, 0.15) is 42.0 Å². The van der Waals surface area contributed by atoms with Crippen LogP contribution in [-0.4, -0.2) is 44.1 Å². The van der Waals surface area contributed by atoms with E-state index in [9.17, 15) is 18.0 Å². The molecule has 0 radical (unpaired) electrons. The average molecular weight is 472 g/mol. The van der Waals surface area contributed by atoms with E-state index in [1.165, 1.54) is 11.0 Å². The van der Waals surface area contributed by atoms with Crippen LogP contribution in [0.2, 0.25) is 0 Å². The quantitative estimate of drug-likeness (QED) is 0.464. The number of benzene rings is 1. The highest BCUT2D eigenvalue weighted by atomic mass is 19.4. The van der Waals surface area contributed by atoms with Gasteiger partial charge in [-0.25, -0.2) is 14.8 Å². The van der Waals surface area contributed by atoms with E-state index >= 15 is 0 Å². The van der Waals surface area contributed by atoms with E-state index in [1.54, 1.807) is 20.0 Å². The molecule has 4 rings (SSSR count). The Labute approximate surface area is 193 Å². The Balaban J connectivity index is 1.68. The Kier molecular flexibility index (Phi) is 6.03. The third kappa shape index (κ3) is 4.87. The van der Waals surface area contributed by atoms with Crippen LogP contribution in [0.4, 0.5) is 29.5 Å². The molecule has 1 amide bonds. The molecule has 0 saturated carbocycles. The first-order valence-corrected chi connectivity index (χ1v) is 10.6. The summed E-state index contributed by atoms with van der Waals surface area (Å²) in [5.74, 6) is 0.937. The molecule has 0 saturated heterocycles. The molecule has 178 valence electrons. The number of hydrogen-bond donors (Lipinski definition) is 3. The van der Waals surface area contributed by atoms with Crippen molar-refractivity contribution in [2.75, 3.05) is 24.1 Å². The Bertz CT molecular complexity index is 1290. The maximum Gasteiger partial charge on any atom is 0.416 e. The summed E-state index contributed by atoms with van der Waals surface area (Å²) in [4.78, 5) is 25.8. The number of aromatic nitrogens is 3. The minimum atomic E-state index is -4.51. The zero-order valence-corrected chi connectivity index (χ0v) is 18.5. The molecule has 1 unspecified atom stereocenters. The topological polar surface area (TPSA) is 117 Å². The third-order valence-electron chi connectivity index (χ3n) is 5.66. The Morgan fingerprint density at radius 2 is 2.00 bits per heavy atom. The number of aryl methyl sites for hydroxylation is 1. The number of halogens is 3. The van der Waals surface area contributed by atoms with Crippen molar-refractivity contribution in [3.63, 3.8) is 0 Å². The molecule has 11 heteroatoms. The molecule has 1 atom stereocenters. The van der Waals surface area contributed by atoms with Crippen LogP contribution in [0.15, 0.2) is 36.5 Å². The van der Waals surface area contributed by atoms with Gasteiger partial charge in [0.15, 0.2) is 0 Å². The van der Waals surface area contributed by atoms with Crippen LogP contribution in [0.3, 0.4) is 0 Å². The molecule has 1 aromatic carbocycles. The maximum absolute atomic E-state index is 13.2. The summed E-state index contributed by atoms with van der Waals surface area (Å²) >= 11 is 0. The fraction of sp³-hybridized carbons (Fsp3) is 0.304. The smallest absolute Gasteiger partial charge is 0.416 e. The van der Waals surface area contributed by atoms with Crippen molar-refractivity contribution in [1.82, 2.24) is 19.9 Å². The predicted octanol–water partition coefficient (Wildman–Crippen LogP) is 4.87. The van der Waals surface area contributed by atoms with Gasteiger partial charge in [0.1, 0.15) is 11.6 Å². The van der Waals surface area contributed by atoms with Gasteiger partial charge in [-0.1, -0.05) is 6.08 Å². The van der Waals surface area contributed by atoms with Crippen molar-refractivity contribution in [2.24, 2.45) is 0 Å². The molecular weight excluding hydrogens is 449 g/mol. The van der Waals surface area contributed by atoms with E-state index in [4.69, 9.17) is 10.8 Å². The molecule has 34 heavy (non-hydrogen) atoms. The van der Waals surface area contributed by atoms with Gasteiger partial charge in [0, 0.05) is 24.2 Å². The molecule has 0 fully saturated rings. The second kappa shape index (κ2) is 8.81. The van der Waals surface area contributed by atoms with Crippen molar-refractivity contribution in [3.05, 3.63) is 59.2 Å². The van der Waals surface area contributed by atoms with Gasteiger partial charge < -0.3 is 21.1 Å². The van der Waals surface area contributed by atoms with Gasteiger partial charge >= 0.3 is 12.3 Å². The fourth-order valence-corrected chi connectivity index (χ4v) is 3.89. The standard InChI is InChI=1S/C23H23F3N6O2/c1-12(15-7-16(23(24,25)26)9-17(27)8-15)29-21-18-10-19(28-11-20(18)30-13(2)31-21)14-3-5-32(6-4-14)22(33)34/h3,7-12H,4-6,27H2,1-2H3,(H,33,34)(H,29,30,31). The first kappa shape index (κ1) is 23.3. The zero-order chi connectivity index (χ0) is 24.6. The second-order valence-corrected chi connectivity index (χ2v) is 8.17. The van der Waals surface area contributed by atoms with Crippen molar-refractivity contribution in [3.8, 4) is 0 Å². The largest absolute Gasteiger partial charge is 0.465 e.